The van der Waals surface area contributed by atoms with Crippen LogP contribution in [0.15, 0.2) is 11.1 Å². The number of imidazole rings is 1. The number of aliphatic hydroxyl groups is 2. The van der Waals surface area contributed by atoms with E-state index in [4.69, 9.17) is 33.3 Å². The van der Waals surface area contributed by atoms with E-state index < -0.39 is 82.6 Å². The molecular formula is C28H49N7O14P2. The van der Waals surface area contributed by atoms with Gasteiger partial charge in [0, 0.05) is 6.54 Å². The van der Waals surface area contributed by atoms with Gasteiger partial charge < -0.3 is 40.4 Å². The number of ether oxygens (including phenoxy) is 3. The number of nitrogen functional groups attached to an aromatic ring is 1. The molecule has 0 bridgehead atoms. The number of hydrogen-bond donors (Lipinski definition) is 7. The molecule has 0 spiro atoms. The monoisotopic (exact) mass is 769 g/mol. The smallest absolute Gasteiger partial charge is 0.464 e. The minimum atomic E-state index is -5.36. The number of amides is 1. The SMILES string of the molecule is CCCC(CCC)COC(=O)[C@H](C)NP(=O)(OCCNC(=O)OC(C)(C)C)OP(=O)(O)OC[C@H]1O[C@@H](n2cnc3c(=O)[nH]c(N)nc32)[C@H](O)[C@@H]1O. The van der Waals surface area contributed by atoms with Crippen LogP contribution in [0.2, 0.25) is 0 Å². The van der Waals surface area contributed by atoms with Crippen LogP contribution in [-0.4, -0.2) is 103 Å². The van der Waals surface area contributed by atoms with Crippen molar-refractivity contribution >= 4 is 44.7 Å². The first-order valence-electron chi connectivity index (χ1n) is 16.4. The zero-order chi connectivity index (χ0) is 38.1. The summed E-state index contributed by atoms with van der Waals surface area (Å²) in [6.45, 7) is 8.61. The van der Waals surface area contributed by atoms with Crippen molar-refractivity contribution in [3.05, 3.63) is 16.7 Å². The van der Waals surface area contributed by atoms with Crippen molar-refractivity contribution in [2.75, 3.05) is 32.1 Å². The van der Waals surface area contributed by atoms with Crippen LogP contribution in [0.5, 0.6) is 0 Å². The predicted octanol–water partition coefficient (Wildman–Crippen LogP) is 1.84. The standard InChI is InChI=1S/C28H49N7O14P2/c1-7-9-17(10-8-2)13-44-25(39)16(3)34-50(41,45-12-11-30-27(40)48-28(4,5)6)49-51(42,43)46-14-18-20(36)21(37)24(47-18)35-15-31-19-22(35)32-26(29)33-23(19)38/h15-18,20-21,24,36-37H,7-14H2,1-6H3,(H,30,40)(H,34,41)(H,42,43)(H3,29,32,33,38)/t16-,18+,20+,21+,24+,50?/m0/s1. The van der Waals surface area contributed by atoms with E-state index in [2.05, 4.69) is 25.4 Å². The van der Waals surface area contributed by atoms with E-state index >= 15 is 0 Å². The van der Waals surface area contributed by atoms with Gasteiger partial charge in [0.25, 0.3) is 5.56 Å². The Morgan fingerprint density at radius 3 is 2.45 bits per heavy atom. The maximum Gasteiger partial charge on any atom is 0.480 e. The molecule has 2 unspecified atom stereocenters. The molecule has 3 heterocycles. The summed E-state index contributed by atoms with van der Waals surface area (Å²) in [4.78, 5) is 57.7. The van der Waals surface area contributed by atoms with Crippen LogP contribution >= 0.6 is 15.6 Å². The van der Waals surface area contributed by atoms with E-state index in [9.17, 15) is 38.6 Å². The summed E-state index contributed by atoms with van der Waals surface area (Å²) in [6.07, 6.45) is -2.51. The van der Waals surface area contributed by atoms with Crippen LogP contribution in [0.3, 0.4) is 0 Å². The number of phosphoric ester groups is 1. The van der Waals surface area contributed by atoms with Crippen molar-refractivity contribution in [1.29, 1.82) is 0 Å². The number of phosphoric acid groups is 1. The number of carbonyl (C=O) groups excluding carboxylic acids is 2. The number of carbonyl (C=O) groups is 2. The van der Waals surface area contributed by atoms with Crippen molar-refractivity contribution in [3.63, 3.8) is 0 Å². The molecule has 1 fully saturated rings. The lowest BCUT2D eigenvalue weighted by molar-refractivity contribution is -0.146. The molecule has 0 aliphatic carbocycles. The summed E-state index contributed by atoms with van der Waals surface area (Å²) < 4.78 is 59.3. The number of nitrogens with zero attached hydrogens (tertiary/aromatic N) is 3. The first kappa shape index (κ1) is 42.4. The number of esters is 1. The van der Waals surface area contributed by atoms with Crippen LogP contribution < -0.4 is 21.7 Å². The summed E-state index contributed by atoms with van der Waals surface area (Å²) in [5.41, 5.74) is 3.94. The van der Waals surface area contributed by atoms with Crippen LogP contribution in [0.25, 0.3) is 11.2 Å². The zero-order valence-corrected chi connectivity index (χ0v) is 31.1. The molecule has 3 rings (SSSR count). The highest BCUT2D eigenvalue weighted by Gasteiger charge is 2.47. The fourth-order valence-corrected chi connectivity index (χ4v) is 7.99. The molecular weight excluding hydrogens is 720 g/mol. The molecule has 7 atom stereocenters. The molecule has 2 aromatic heterocycles. The number of rotatable bonds is 19. The maximum absolute atomic E-state index is 13.8. The fraction of sp³-hybridized carbons (Fsp3) is 0.750. The number of aromatic nitrogens is 4. The van der Waals surface area contributed by atoms with Crippen LogP contribution in [-0.2, 0) is 41.5 Å². The average molecular weight is 770 g/mol. The molecule has 1 aliphatic rings. The van der Waals surface area contributed by atoms with E-state index in [0.29, 0.717) is 0 Å². The van der Waals surface area contributed by atoms with Gasteiger partial charge in [0.15, 0.2) is 17.4 Å². The third-order valence-electron chi connectivity index (χ3n) is 7.27. The quantitative estimate of drug-likeness (QED) is 0.0609. The first-order valence-corrected chi connectivity index (χ1v) is 19.4. The summed E-state index contributed by atoms with van der Waals surface area (Å²) in [5.74, 6) is -0.981. The van der Waals surface area contributed by atoms with Crippen molar-refractivity contribution < 1.29 is 61.4 Å². The number of aromatic amines is 1. The number of H-pyrrole nitrogens is 1. The van der Waals surface area contributed by atoms with Crippen molar-refractivity contribution in [2.45, 2.75) is 103 Å². The zero-order valence-electron chi connectivity index (χ0n) is 29.3. The number of fused-ring (bicyclic) bond motifs is 1. The molecule has 0 aromatic carbocycles. The second-order valence-electron chi connectivity index (χ2n) is 12.9. The molecule has 0 radical (unpaired) electrons. The Hall–Kier alpha value is -2.97. The highest BCUT2D eigenvalue weighted by atomic mass is 31.3. The third-order valence-corrected chi connectivity index (χ3v) is 10.7. The van der Waals surface area contributed by atoms with Gasteiger partial charge in [0.2, 0.25) is 5.95 Å². The van der Waals surface area contributed by atoms with Crippen LogP contribution in [0, 0.1) is 5.92 Å². The van der Waals surface area contributed by atoms with Gasteiger partial charge in [0.1, 0.15) is 30.0 Å². The van der Waals surface area contributed by atoms with Gasteiger partial charge in [-0.2, -0.15) is 9.29 Å². The number of nitrogens with two attached hydrogens (primary N) is 1. The number of alkyl carbamates (subject to hydrolysis) is 1. The summed E-state index contributed by atoms with van der Waals surface area (Å²) in [6, 6.07) is -1.37. The molecule has 290 valence electrons. The first-order chi connectivity index (χ1) is 23.8. The van der Waals surface area contributed by atoms with Gasteiger partial charge in [-0.25, -0.2) is 24.0 Å². The van der Waals surface area contributed by atoms with Gasteiger partial charge in [-0.05, 0) is 46.5 Å². The Balaban J connectivity index is 1.69. The van der Waals surface area contributed by atoms with Gasteiger partial charge in [-0.1, -0.05) is 26.7 Å². The lowest BCUT2D eigenvalue weighted by Crippen LogP contribution is -2.37. The van der Waals surface area contributed by atoms with Crippen molar-refractivity contribution in [1.82, 2.24) is 29.9 Å². The summed E-state index contributed by atoms with van der Waals surface area (Å²) in [5, 5.41) is 25.9. The van der Waals surface area contributed by atoms with E-state index in [0.717, 1.165) is 36.6 Å². The third kappa shape index (κ3) is 12.6. The molecule has 23 heteroatoms. The van der Waals surface area contributed by atoms with Crippen LogP contribution in [0.4, 0.5) is 10.7 Å². The normalized spacial score (nSPS) is 22.4. The molecule has 1 amide bonds. The second-order valence-corrected chi connectivity index (χ2v) is 16.2. The van der Waals surface area contributed by atoms with Crippen LogP contribution in [0.1, 0.15) is 73.5 Å². The topological polar surface area (TPSA) is 298 Å². The number of hydrogen-bond acceptors (Lipinski definition) is 16. The van der Waals surface area contributed by atoms with E-state index in [-0.39, 0.29) is 36.2 Å². The Morgan fingerprint density at radius 2 is 1.82 bits per heavy atom. The van der Waals surface area contributed by atoms with E-state index in [1.165, 1.54) is 6.92 Å². The van der Waals surface area contributed by atoms with Crippen molar-refractivity contribution in [2.24, 2.45) is 5.92 Å². The molecule has 2 aromatic rings. The summed E-state index contributed by atoms with van der Waals surface area (Å²) >= 11 is 0. The molecule has 1 aliphatic heterocycles. The maximum atomic E-state index is 13.8. The average Bonchev–Trinajstić information content (AvgIpc) is 3.56. The number of aliphatic hydroxyl groups excluding tert-OH is 2. The predicted molar refractivity (Wildman–Crippen MR) is 180 cm³/mol. The van der Waals surface area contributed by atoms with E-state index in [1.807, 2.05) is 13.8 Å². The molecule has 21 nitrogen and oxygen atoms in total. The lowest BCUT2D eigenvalue weighted by atomic mass is 9.99. The highest BCUT2D eigenvalue weighted by Crippen LogP contribution is 2.61. The minimum absolute atomic E-state index is 0.0746. The lowest BCUT2D eigenvalue weighted by Gasteiger charge is -2.25. The van der Waals surface area contributed by atoms with Gasteiger partial charge in [-0.15, -0.1) is 0 Å². The van der Waals surface area contributed by atoms with Crippen molar-refractivity contribution in [3.8, 4) is 0 Å². The fourth-order valence-electron chi connectivity index (χ4n) is 5.01. The largest absolute Gasteiger partial charge is 0.480 e. The summed E-state index contributed by atoms with van der Waals surface area (Å²) in [7, 11) is -10.3. The Labute approximate surface area is 294 Å². The molecule has 1 saturated heterocycles. The van der Waals surface area contributed by atoms with Gasteiger partial charge in [0.05, 0.1) is 26.1 Å². The molecule has 51 heavy (non-hydrogen) atoms. The van der Waals surface area contributed by atoms with E-state index in [1.54, 1.807) is 20.8 Å². The highest BCUT2D eigenvalue weighted by molar-refractivity contribution is 7.63. The number of anilines is 1. The Kier molecular flexibility index (Phi) is 15.1. The van der Waals surface area contributed by atoms with Gasteiger partial charge in [-0.3, -0.25) is 28.2 Å². The molecule has 0 saturated carbocycles. The minimum Gasteiger partial charge on any atom is -0.464 e. The second kappa shape index (κ2) is 18.2. The molecule has 8 N–H and O–H groups in total. The Bertz CT molecular complexity index is 1630. The number of nitrogens with one attached hydrogen (secondary N) is 3. The van der Waals surface area contributed by atoms with Gasteiger partial charge >= 0.3 is 27.6 Å². The Morgan fingerprint density at radius 1 is 1.16 bits per heavy atom.